The molecule has 4 nitrogen and oxygen atoms in total. The summed E-state index contributed by atoms with van der Waals surface area (Å²) in [6.07, 6.45) is 5.41. The molecule has 0 bridgehead atoms. The summed E-state index contributed by atoms with van der Waals surface area (Å²) in [6.45, 7) is 5.70. The molecule has 0 saturated carbocycles. The quantitative estimate of drug-likeness (QED) is 0.508. The standard InChI is InChI=1S/C10H20N4/c1-6-14(5)13-8-10(12-4)9(2)7-11-3/h6-10,12H,1H2,2-5H3/b11-7-,13-8-. The van der Waals surface area contributed by atoms with Crippen LogP contribution >= 0.6 is 0 Å². The molecule has 0 saturated heterocycles. The van der Waals surface area contributed by atoms with Crippen LogP contribution in [0.4, 0.5) is 0 Å². The molecule has 0 amide bonds. The summed E-state index contributed by atoms with van der Waals surface area (Å²) in [5.41, 5.74) is 0. The average Bonchev–Trinajstić information content (AvgIpc) is 2.18. The first kappa shape index (κ1) is 12.8. The molecule has 1 N–H and O–H groups in total. The van der Waals surface area contributed by atoms with Gasteiger partial charge in [0.1, 0.15) is 0 Å². The van der Waals surface area contributed by atoms with E-state index >= 15 is 0 Å². The molecule has 0 radical (unpaired) electrons. The van der Waals surface area contributed by atoms with Crippen molar-refractivity contribution in [3.05, 3.63) is 12.8 Å². The molecule has 0 heterocycles. The molecule has 2 atom stereocenters. The SMILES string of the molecule is C=CN(C)/N=C\C(NC)C(C)/C=N\C. The van der Waals surface area contributed by atoms with Crippen molar-refractivity contribution >= 4 is 12.4 Å². The molecule has 80 valence electrons. The molecule has 0 aliphatic carbocycles. The van der Waals surface area contributed by atoms with Crippen LogP contribution in [-0.2, 0) is 0 Å². The van der Waals surface area contributed by atoms with Crippen LogP contribution in [0.15, 0.2) is 22.9 Å². The van der Waals surface area contributed by atoms with Crippen molar-refractivity contribution in [2.45, 2.75) is 13.0 Å². The Balaban J connectivity index is 4.27. The Hall–Kier alpha value is -1.16. The van der Waals surface area contributed by atoms with Crippen LogP contribution in [-0.4, -0.2) is 44.6 Å². The van der Waals surface area contributed by atoms with E-state index in [2.05, 4.69) is 28.9 Å². The minimum absolute atomic E-state index is 0.195. The Morgan fingerprint density at radius 1 is 1.43 bits per heavy atom. The molecule has 0 aromatic heterocycles. The zero-order valence-electron chi connectivity index (χ0n) is 9.44. The van der Waals surface area contributed by atoms with E-state index in [1.165, 1.54) is 0 Å². The lowest BCUT2D eigenvalue weighted by atomic mass is 10.1. The van der Waals surface area contributed by atoms with E-state index in [0.29, 0.717) is 5.92 Å². The van der Waals surface area contributed by atoms with Gasteiger partial charge in [-0.05, 0) is 7.05 Å². The van der Waals surface area contributed by atoms with Crippen molar-refractivity contribution in [2.75, 3.05) is 21.1 Å². The molecule has 4 heteroatoms. The molecule has 0 aliphatic rings. The van der Waals surface area contributed by atoms with Gasteiger partial charge in [-0.2, -0.15) is 5.10 Å². The summed E-state index contributed by atoms with van der Waals surface area (Å²) in [5, 5.41) is 9.01. The summed E-state index contributed by atoms with van der Waals surface area (Å²) in [7, 11) is 5.52. The highest BCUT2D eigenvalue weighted by molar-refractivity contribution is 5.73. The lowest BCUT2D eigenvalue weighted by Gasteiger charge is -2.16. The topological polar surface area (TPSA) is 40.0 Å². The second kappa shape index (κ2) is 7.26. The van der Waals surface area contributed by atoms with Crippen molar-refractivity contribution in [3.63, 3.8) is 0 Å². The summed E-state index contributed by atoms with van der Waals surface area (Å²) in [5.74, 6) is 0.326. The van der Waals surface area contributed by atoms with Crippen molar-refractivity contribution in [1.82, 2.24) is 10.3 Å². The van der Waals surface area contributed by atoms with Gasteiger partial charge in [-0.3, -0.25) is 5.01 Å². The van der Waals surface area contributed by atoms with Crippen LogP contribution in [0, 0.1) is 5.92 Å². The molecule has 0 aromatic carbocycles. The number of rotatable bonds is 6. The van der Waals surface area contributed by atoms with Crippen LogP contribution in [0.3, 0.4) is 0 Å². The maximum atomic E-state index is 4.18. The fourth-order valence-corrected chi connectivity index (χ4v) is 1.03. The number of aliphatic imine (C=N–C) groups is 1. The highest BCUT2D eigenvalue weighted by Crippen LogP contribution is 1.97. The zero-order valence-corrected chi connectivity index (χ0v) is 9.44. The van der Waals surface area contributed by atoms with E-state index in [0.717, 1.165) is 0 Å². The molecule has 0 spiro atoms. The summed E-state index contributed by atoms with van der Waals surface area (Å²) < 4.78 is 0. The Labute approximate surface area is 86.4 Å². The third kappa shape index (κ3) is 4.77. The Morgan fingerprint density at radius 3 is 2.50 bits per heavy atom. The number of hydrogen-bond acceptors (Lipinski definition) is 4. The molecule has 2 unspecified atom stereocenters. The van der Waals surface area contributed by atoms with Crippen LogP contribution in [0.2, 0.25) is 0 Å². The third-order valence-corrected chi connectivity index (χ3v) is 1.96. The van der Waals surface area contributed by atoms with E-state index in [1.807, 2.05) is 26.5 Å². The number of hydrogen-bond donors (Lipinski definition) is 1. The van der Waals surface area contributed by atoms with Crippen LogP contribution in [0.5, 0.6) is 0 Å². The van der Waals surface area contributed by atoms with Gasteiger partial charge in [-0.1, -0.05) is 13.5 Å². The lowest BCUT2D eigenvalue weighted by molar-refractivity contribution is 0.485. The molecule has 0 aliphatic heterocycles. The number of nitrogens with one attached hydrogen (secondary N) is 1. The number of hydrazone groups is 1. The first-order valence-corrected chi connectivity index (χ1v) is 4.64. The highest BCUT2D eigenvalue weighted by atomic mass is 15.4. The van der Waals surface area contributed by atoms with E-state index in [-0.39, 0.29) is 6.04 Å². The zero-order chi connectivity index (χ0) is 11.0. The van der Waals surface area contributed by atoms with E-state index < -0.39 is 0 Å². The summed E-state index contributed by atoms with van der Waals surface area (Å²) in [4.78, 5) is 3.99. The van der Waals surface area contributed by atoms with Crippen LogP contribution in [0.1, 0.15) is 6.92 Å². The third-order valence-electron chi connectivity index (χ3n) is 1.96. The van der Waals surface area contributed by atoms with E-state index in [1.54, 1.807) is 18.3 Å². The van der Waals surface area contributed by atoms with Gasteiger partial charge < -0.3 is 10.3 Å². The van der Waals surface area contributed by atoms with Gasteiger partial charge in [-0.25, -0.2) is 0 Å². The Morgan fingerprint density at radius 2 is 2.07 bits per heavy atom. The van der Waals surface area contributed by atoms with Crippen molar-refractivity contribution in [2.24, 2.45) is 16.0 Å². The second-order valence-corrected chi connectivity index (χ2v) is 3.10. The van der Waals surface area contributed by atoms with E-state index in [4.69, 9.17) is 0 Å². The molecule has 0 aromatic rings. The van der Waals surface area contributed by atoms with Crippen molar-refractivity contribution in [1.29, 1.82) is 0 Å². The second-order valence-electron chi connectivity index (χ2n) is 3.10. The fourth-order valence-electron chi connectivity index (χ4n) is 1.03. The van der Waals surface area contributed by atoms with E-state index in [9.17, 15) is 0 Å². The minimum atomic E-state index is 0.195. The predicted octanol–water partition coefficient (Wildman–Crippen LogP) is 0.972. The fraction of sp³-hybridized carbons (Fsp3) is 0.600. The normalized spacial score (nSPS) is 16.0. The minimum Gasteiger partial charge on any atom is -0.312 e. The molecule has 0 rings (SSSR count). The lowest BCUT2D eigenvalue weighted by Crippen LogP contribution is -2.34. The first-order valence-electron chi connectivity index (χ1n) is 4.64. The first-order chi connectivity index (χ1) is 6.65. The van der Waals surface area contributed by atoms with Crippen molar-refractivity contribution < 1.29 is 0 Å². The smallest absolute Gasteiger partial charge is 0.0515 e. The molecular formula is C10H20N4. The Kier molecular flexibility index (Phi) is 6.66. The van der Waals surface area contributed by atoms with Gasteiger partial charge >= 0.3 is 0 Å². The van der Waals surface area contributed by atoms with Crippen LogP contribution < -0.4 is 5.32 Å². The molecule has 14 heavy (non-hydrogen) atoms. The maximum absolute atomic E-state index is 4.18. The monoisotopic (exact) mass is 196 g/mol. The highest BCUT2D eigenvalue weighted by Gasteiger charge is 2.10. The average molecular weight is 196 g/mol. The summed E-state index contributed by atoms with van der Waals surface area (Å²) >= 11 is 0. The van der Waals surface area contributed by atoms with Gasteiger partial charge in [0.15, 0.2) is 0 Å². The van der Waals surface area contributed by atoms with Crippen LogP contribution in [0.25, 0.3) is 0 Å². The summed E-state index contributed by atoms with van der Waals surface area (Å²) in [6, 6.07) is 0.195. The Bertz CT molecular complexity index is 210. The van der Waals surface area contributed by atoms with Gasteiger partial charge in [0.25, 0.3) is 0 Å². The van der Waals surface area contributed by atoms with Crippen molar-refractivity contribution in [3.8, 4) is 0 Å². The van der Waals surface area contributed by atoms with Gasteiger partial charge in [0, 0.05) is 38.6 Å². The van der Waals surface area contributed by atoms with Gasteiger partial charge in [0.05, 0.1) is 6.04 Å². The van der Waals surface area contributed by atoms with Gasteiger partial charge in [-0.15, -0.1) is 0 Å². The van der Waals surface area contributed by atoms with Gasteiger partial charge in [0.2, 0.25) is 0 Å². The predicted molar refractivity (Wildman–Crippen MR) is 62.9 cm³/mol. The largest absolute Gasteiger partial charge is 0.312 e. The molecular weight excluding hydrogens is 176 g/mol. The number of nitrogens with zero attached hydrogens (tertiary/aromatic N) is 3. The maximum Gasteiger partial charge on any atom is 0.0515 e. The molecule has 0 fully saturated rings.